The molecule has 3 unspecified atom stereocenters. The Labute approximate surface area is 197 Å². The van der Waals surface area contributed by atoms with Crippen LogP contribution < -0.4 is 5.32 Å². The van der Waals surface area contributed by atoms with Gasteiger partial charge in [-0.25, -0.2) is 9.37 Å². The number of halogens is 1. The van der Waals surface area contributed by atoms with Crippen molar-refractivity contribution in [3.8, 4) is 5.75 Å². The van der Waals surface area contributed by atoms with E-state index in [0.717, 1.165) is 42.5 Å². The number of hydrogen-bond acceptors (Lipinski definition) is 5. The molecule has 0 bridgehead atoms. The van der Waals surface area contributed by atoms with Crippen molar-refractivity contribution < 1.29 is 19.1 Å². The van der Waals surface area contributed by atoms with E-state index in [1.165, 1.54) is 17.4 Å². The third-order valence-corrected chi connectivity index (χ3v) is 9.34. The van der Waals surface area contributed by atoms with E-state index < -0.39 is 5.82 Å². The van der Waals surface area contributed by atoms with Crippen molar-refractivity contribution in [2.45, 2.75) is 71.1 Å². The van der Waals surface area contributed by atoms with E-state index in [4.69, 9.17) is 0 Å². The minimum atomic E-state index is -0.472. The molecule has 3 aliphatic rings. The van der Waals surface area contributed by atoms with Gasteiger partial charge < -0.3 is 10.4 Å². The van der Waals surface area contributed by atoms with Crippen LogP contribution in [0.4, 0.5) is 9.52 Å². The van der Waals surface area contributed by atoms with Gasteiger partial charge in [-0.15, -0.1) is 11.3 Å². The van der Waals surface area contributed by atoms with Crippen LogP contribution in [0.1, 0.15) is 73.8 Å². The van der Waals surface area contributed by atoms with Gasteiger partial charge in [-0.3, -0.25) is 9.59 Å². The summed E-state index contributed by atoms with van der Waals surface area (Å²) in [4.78, 5) is 30.7. The van der Waals surface area contributed by atoms with Gasteiger partial charge in [0.05, 0.1) is 0 Å². The molecule has 1 amide bonds. The predicted octanol–water partition coefficient (Wildman–Crippen LogP) is 5.76. The van der Waals surface area contributed by atoms with E-state index in [2.05, 4.69) is 17.2 Å². The summed E-state index contributed by atoms with van der Waals surface area (Å²) in [5.74, 6) is 0.733. The molecule has 0 aliphatic heterocycles. The molecule has 3 aliphatic carbocycles. The Bertz CT molecular complexity index is 1100. The molecule has 0 saturated heterocycles. The molecule has 33 heavy (non-hydrogen) atoms. The molecular weight excluding hydrogens is 439 g/mol. The number of phenolic OH excluding ortho intramolecular Hbond substituents is 1. The first-order chi connectivity index (χ1) is 15.8. The number of hydrogen-bond donors (Lipinski definition) is 2. The number of aromatic hydroxyl groups is 1. The summed E-state index contributed by atoms with van der Waals surface area (Å²) in [6.45, 7) is 4.10. The van der Waals surface area contributed by atoms with Crippen molar-refractivity contribution in [2.24, 2.45) is 23.2 Å². The molecular formula is C26H31FN2O3S. The Morgan fingerprint density at radius 3 is 2.94 bits per heavy atom. The number of nitrogens with one attached hydrogen (secondary N) is 1. The van der Waals surface area contributed by atoms with Crippen LogP contribution in [0.2, 0.25) is 0 Å². The molecule has 1 aromatic carbocycles. The fourth-order valence-corrected chi connectivity index (χ4v) is 7.74. The van der Waals surface area contributed by atoms with Crippen molar-refractivity contribution in [1.82, 2.24) is 4.98 Å². The van der Waals surface area contributed by atoms with Gasteiger partial charge in [0.15, 0.2) is 16.7 Å². The van der Waals surface area contributed by atoms with Gasteiger partial charge in [0.25, 0.3) is 0 Å². The lowest BCUT2D eigenvalue weighted by Gasteiger charge is -2.50. The molecule has 5 atom stereocenters. The molecule has 2 N–H and O–H groups in total. The van der Waals surface area contributed by atoms with E-state index in [9.17, 15) is 19.1 Å². The number of nitrogens with zero attached hydrogens (tertiary/aromatic N) is 1. The maximum atomic E-state index is 14.6. The first kappa shape index (κ1) is 22.5. The maximum absolute atomic E-state index is 14.6. The summed E-state index contributed by atoms with van der Waals surface area (Å²) in [7, 11) is 0. The summed E-state index contributed by atoms with van der Waals surface area (Å²) in [5.41, 5.74) is 1.38. The lowest BCUT2D eigenvalue weighted by Crippen LogP contribution is -2.44. The number of amides is 1. The highest BCUT2D eigenvalue weighted by Gasteiger charge is 2.58. The first-order valence-electron chi connectivity index (χ1n) is 12.0. The van der Waals surface area contributed by atoms with Crippen molar-refractivity contribution in [1.29, 1.82) is 0 Å². The van der Waals surface area contributed by atoms with Gasteiger partial charge >= 0.3 is 0 Å². The highest BCUT2D eigenvalue weighted by molar-refractivity contribution is 7.15. The molecule has 5 rings (SSSR count). The first-order valence-corrected chi connectivity index (χ1v) is 12.9. The number of ketones is 1. The zero-order valence-electron chi connectivity index (χ0n) is 19.2. The third kappa shape index (κ3) is 3.88. The van der Waals surface area contributed by atoms with Crippen LogP contribution >= 0.6 is 11.3 Å². The average molecular weight is 471 g/mol. The molecule has 2 saturated carbocycles. The van der Waals surface area contributed by atoms with Crippen LogP contribution in [0.3, 0.4) is 0 Å². The Hall–Kier alpha value is -2.28. The second-order valence-electron chi connectivity index (χ2n) is 10.4. The van der Waals surface area contributed by atoms with E-state index >= 15 is 0 Å². The lowest BCUT2D eigenvalue weighted by atomic mass is 9.54. The van der Waals surface area contributed by atoms with E-state index in [-0.39, 0.29) is 34.8 Å². The van der Waals surface area contributed by atoms with Gasteiger partial charge in [0.1, 0.15) is 5.78 Å². The Morgan fingerprint density at radius 2 is 2.18 bits per heavy atom. The number of fused-ring (bicyclic) bond motifs is 5. The number of Topliss-reactive ketones (excluding diaryl/α,β-unsaturated/α-hetero) is 1. The SMILES string of the molecule is Cc1cnc(NC(=O)CCC[C@@H]2CC(=O)[C@@]3(C)CCC4c5ccc(O)c(F)c5CCC4C23)s1. The van der Waals surface area contributed by atoms with Crippen LogP contribution in [-0.2, 0) is 16.0 Å². The van der Waals surface area contributed by atoms with Crippen molar-refractivity contribution >= 4 is 28.2 Å². The average Bonchev–Trinajstić information content (AvgIpc) is 3.30. The van der Waals surface area contributed by atoms with Gasteiger partial charge in [0, 0.05) is 29.3 Å². The molecule has 1 aromatic heterocycles. The molecule has 176 valence electrons. The Balaban J connectivity index is 1.29. The van der Waals surface area contributed by atoms with Crippen molar-refractivity contribution in [3.63, 3.8) is 0 Å². The van der Waals surface area contributed by atoms with E-state index in [1.54, 1.807) is 6.20 Å². The number of aromatic nitrogens is 1. The minimum absolute atomic E-state index is 0.0279. The normalized spacial score (nSPS) is 30.5. The second kappa shape index (κ2) is 8.49. The molecule has 1 heterocycles. The summed E-state index contributed by atoms with van der Waals surface area (Å²) < 4.78 is 14.6. The number of rotatable bonds is 5. The molecule has 7 heteroatoms. The zero-order valence-corrected chi connectivity index (χ0v) is 20.0. The number of carbonyl (C=O) groups excluding carboxylic acids is 2. The van der Waals surface area contributed by atoms with E-state index in [1.807, 2.05) is 13.0 Å². The number of phenols is 1. The van der Waals surface area contributed by atoms with Crippen LogP contribution in [0.25, 0.3) is 0 Å². The van der Waals surface area contributed by atoms with Crippen LogP contribution in [0.15, 0.2) is 18.3 Å². The molecule has 2 aromatic rings. The Kier molecular flexibility index (Phi) is 5.79. The molecule has 0 spiro atoms. The molecule has 5 nitrogen and oxygen atoms in total. The summed E-state index contributed by atoms with van der Waals surface area (Å²) in [6, 6.07) is 3.37. The largest absolute Gasteiger partial charge is 0.505 e. The summed E-state index contributed by atoms with van der Waals surface area (Å²) >= 11 is 1.47. The van der Waals surface area contributed by atoms with Gasteiger partial charge in [-0.2, -0.15) is 0 Å². The molecule has 2 fully saturated rings. The van der Waals surface area contributed by atoms with Gasteiger partial charge in [-0.1, -0.05) is 13.0 Å². The highest BCUT2D eigenvalue weighted by atomic mass is 32.1. The van der Waals surface area contributed by atoms with Gasteiger partial charge in [0.2, 0.25) is 5.91 Å². The number of anilines is 1. The number of carbonyl (C=O) groups is 2. The summed E-state index contributed by atoms with van der Waals surface area (Å²) in [5, 5.41) is 13.3. The Morgan fingerprint density at radius 1 is 1.36 bits per heavy atom. The quantitative estimate of drug-likeness (QED) is 0.583. The fourth-order valence-electron chi connectivity index (χ4n) is 7.06. The van der Waals surface area contributed by atoms with Crippen molar-refractivity contribution in [2.75, 3.05) is 5.32 Å². The van der Waals surface area contributed by atoms with Crippen LogP contribution in [-0.4, -0.2) is 21.8 Å². The van der Waals surface area contributed by atoms with Crippen molar-refractivity contribution in [3.05, 3.63) is 40.2 Å². The monoisotopic (exact) mass is 470 g/mol. The highest BCUT2D eigenvalue weighted by Crippen LogP contribution is 2.62. The smallest absolute Gasteiger partial charge is 0.226 e. The van der Waals surface area contributed by atoms with E-state index in [0.29, 0.717) is 41.7 Å². The standard InChI is InChI=1S/C26H31FN2O3S/c1-14-13-28-25(33-14)29-22(32)5-3-4-15-12-21(31)26(2)11-10-17-16-8-9-20(30)24(27)19(16)7-6-18(17)23(15)26/h8-9,13,15,17-18,23,30H,3-7,10-12H2,1-2H3,(H,28,29,32)/t15-,17?,18?,23?,26-/m1/s1. The number of benzene rings is 1. The number of thiazole rings is 1. The predicted molar refractivity (Wildman–Crippen MR) is 126 cm³/mol. The zero-order chi connectivity index (χ0) is 23.3. The topological polar surface area (TPSA) is 79.3 Å². The third-order valence-electron chi connectivity index (χ3n) is 8.51. The second-order valence-corrected chi connectivity index (χ2v) is 11.6. The van der Waals surface area contributed by atoms with Crippen LogP contribution in [0.5, 0.6) is 5.75 Å². The van der Waals surface area contributed by atoms with Crippen LogP contribution in [0, 0.1) is 35.9 Å². The fraction of sp³-hybridized carbons (Fsp3) is 0.577. The van der Waals surface area contributed by atoms with Gasteiger partial charge in [-0.05, 0) is 86.3 Å². The maximum Gasteiger partial charge on any atom is 0.226 e. The summed E-state index contributed by atoms with van der Waals surface area (Å²) in [6.07, 6.45) is 7.56. The molecule has 0 radical (unpaired) electrons. The minimum Gasteiger partial charge on any atom is -0.505 e. The number of aryl methyl sites for hydroxylation is 1. The lowest BCUT2D eigenvalue weighted by molar-refractivity contribution is -0.129.